The lowest BCUT2D eigenvalue weighted by atomic mass is 10.0. The van der Waals surface area contributed by atoms with Gasteiger partial charge in [-0.2, -0.15) is 5.26 Å². The Balaban J connectivity index is 2.59. The molecule has 0 atom stereocenters. The third kappa shape index (κ3) is 3.70. The average Bonchev–Trinajstić information content (AvgIpc) is 2.46. The van der Waals surface area contributed by atoms with Crippen LogP contribution in [-0.2, 0) is 6.42 Å². The molecule has 0 spiro atoms. The van der Waals surface area contributed by atoms with Crippen molar-refractivity contribution in [3.63, 3.8) is 0 Å². The van der Waals surface area contributed by atoms with Crippen molar-refractivity contribution in [1.29, 1.82) is 10.7 Å². The molecule has 1 aromatic heterocycles. The summed E-state index contributed by atoms with van der Waals surface area (Å²) < 4.78 is 0. The van der Waals surface area contributed by atoms with E-state index < -0.39 is 0 Å². The van der Waals surface area contributed by atoms with Crippen LogP contribution in [-0.4, -0.2) is 15.1 Å². The molecule has 0 saturated heterocycles. The predicted molar refractivity (Wildman–Crippen MR) is 83.6 cm³/mol. The van der Waals surface area contributed by atoms with Crippen LogP contribution in [0.4, 0.5) is 5.95 Å². The van der Waals surface area contributed by atoms with E-state index in [2.05, 4.69) is 16.0 Å². The second-order valence-electron chi connectivity index (χ2n) is 4.20. The van der Waals surface area contributed by atoms with Crippen LogP contribution >= 0.6 is 11.8 Å². The number of nitriles is 1. The Morgan fingerprint density at radius 2 is 2.00 bits per heavy atom. The Hall–Kier alpha value is -2.59. The van der Waals surface area contributed by atoms with Crippen molar-refractivity contribution in [1.82, 2.24) is 9.97 Å². The summed E-state index contributed by atoms with van der Waals surface area (Å²) in [6.07, 6.45) is 0.815. The van der Waals surface area contributed by atoms with Gasteiger partial charge >= 0.3 is 0 Å². The quantitative estimate of drug-likeness (QED) is 0.344. The zero-order chi connectivity index (χ0) is 15.2. The van der Waals surface area contributed by atoms with Crippen molar-refractivity contribution >= 4 is 22.9 Å². The van der Waals surface area contributed by atoms with Gasteiger partial charge in [-0.25, -0.2) is 9.97 Å². The minimum Gasteiger partial charge on any atom is -0.378 e. The summed E-state index contributed by atoms with van der Waals surface area (Å²) in [5.74, 6) is 0.123. The van der Waals surface area contributed by atoms with Gasteiger partial charge in [-0.3, -0.25) is 5.41 Å². The van der Waals surface area contributed by atoms with Crippen molar-refractivity contribution in [2.75, 3.05) is 5.73 Å². The summed E-state index contributed by atoms with van der Waals surface area (Å²) in [5.41, 5.74) is 13.6. The van der Waals surface area contributed by atoms with Crippen LogP contribution in [0.1, 0.15) is 12.0 Å². The van der Waals surface area contributed by atoms with E-state index in [1.807, 2.05) is 30.3 Å². The summed E-state index contributed by atoms with van der Waals surface area (Å²) in [6.45, 7) is 0. The lowest BCUT2D eigenvalue weighted by Crippen LogP contribution is -2.09. The van der Waals surface area contributed by atoms with Gasteiger partial charge in [-0.05, 0) is 18.2 Å². The molecule has 2 aromatic rings. The largest absolute Gasteiger partial charge is 0.378 e. The highest BCUT2D eigenvalue weighted by atomic mass is 32.2. The van der Waals surface area contributed by atoms with Crippen molar-refractivity contribution in [2.45, 2.75) is 17.9 Å². The minimum atomic E-state index is -0.0784. The number of nitrogens with two attached hydrogens (primary N) is 2. The van der Waals surface area contributed by atoms with Crippen LogP contribution in [0.15, 0.2) is 35.4 Å². The number of anilines is 1. The van der Waals surface area contributed by atoms with Crippen LogP contribution in [0.3, 0.4) is 0 Å². The number of rotatable bonds is 4. The third-order valence-electron chi connectivity index (χ3n) is 2.73. The normalized spacial score (nSPS) is 10.0. The molecule has 5 N–H and O–H groups in total. The Morgan fingerprint density at radius 1 is 1.29 bits per heavy atom. The van der Waals surface area contributed by atoms with Crippen molar-refractivity contribution < 1.29 is 0 Å². The Labute approximate surface area is 126 Å². The minimum absolute atomic E-state index is 0.0784. The molecule has 0 amide bonds. The van der Waals surface area contributed by atoms with Crippen LogP contribution in [0, 0.1) is 16.7 Å². The van der Waals surface area contributed by atoms with E-state index >= 15 is 0 Å². The van der Waals surface area contributed by atoms with Gasteiger partial charge in [0.1, 0.15) is 5.03 Å². The molecule has 1 heterocycles. The van der Waals surface area contributed by atoms with Gasteiger partial charge in [0.15, 0.2) is 5.17 Å². The number of nitrogens with one attached hydrogen (secondary N) is 1. The van der Waals surface area contributed by atoms with E-state index in [1.54, 1.807) is 0 Å². The second-order valence-corrected chi connectivity index (χ2v) is 5.24. The summed E-state index contributed by atoms with van der Waals surface area (Å²) in [7, 11) is 0. The number of amidine groups is 1. The highest BCUT2D eigenvalue weighted by Gasteiger charge is 2.16. The monoisotopic (exact) mass is 298 g/mol. The molecule has 0 aliphatic carbocycles. The number of hydrogen-bond acceptors (Lipinski definition) is 6. The molecule has 0 saturated carbocycles. The average molecular weight is 298 g/mol. The summed E-state index contributed by atoms with van der Waals surface area (Å²) in [4.78, 5) is 8.45. The van der Waals surface area contributed by atoms with Gasteiger partial charge in [0.05, 0.1) is 11.8 Å². The first kappa shape index (κ1) is 14.8. The van der Waals surface area contributed by atoms with Crippen molar-refractivity contribution in [3.05, 3.63) is 35.9 Å². The number of benzene rings is 1. The maximum atomic E-state index is 8.83. The van der Waals surface area contributed by atoms with Gasteiger partial charge < -0.3 is 11.5 Å². The van der Waals surface area contributed by atoms with Gasteiger partial charge in [0, 0.05) is 17.5 Å². The summed E-state index contributed by atoms with van der Waals surface area (Å²) in [6, 6.07) is 11.7. The summed E-state index contributed by atoms with van der Waals surface area (Å²) in [5, 5.41) is 16.7. The van der Waals surface area contributed by atoms with Crippen LogP contribution in [0.5, 0.6) is 0 Å². The predicted octanol–water partition coefficient (Wildman–Crippen LogP) is 2.17. The van der Waals surface area contributed by atoms with Crippen LogP contribution in [0.2, 0.25) is 0 Å². The molecule has 6 nitrogen and oxygen atoms in total. The van der Waals surface area contributed by atoms with Gasteiger partial charge in [0.2, 0.25) is 5.95 Å². The SMILES string of the molecule is N#CCCc1c(SC(=N)N)nc(N)nc1-c1ccccc1. The first-order valence-corrected chi connectivity index (χ1v) is 7.04. The van der Waals surface area contributed by atoms with E-state index in [1.165, 1.54) is 0 Å². The number of nitrogens with zero attached hydrogens (tertiary/aromatic N) is 3. The molecule has 7 heteroatoms. The lowest BCUT2D eigenvalue weighted by Gasteiger charge is -2.12. The molecule has 0 radical (unpaired) electrons. The first-order valence-electron chi connectivity index (χ1n) is 6.22. The number of hydrogen-bond donors (Lipinski definition) is 3. The molecule has 0 fully saturated rings. The molecular weight excluding hydrogens is 284 g/mol. The molecule has 21 heavy (non-hydrogen) atoms. The maximum absolute atomic E-state index is 8.83. The zero-order valence-electron chi connectivity index (χ0n) is 11.2. The van der Waals surface area contributed by atoms with Gasteiger partial charge in [0.25, 0.3) is 0 Å². The molecule has 2 rings (SSSR count). The van der Waals surface area contributed by atoms with E-state index in [-0.39, 0.29) is 11.1 Å². The highest BCUT2D eigenvalue weighted by Crippen LogP contribution is 2.30. The summed E-state index contributed by atoms with van der Waals surface area (Å²) >= 11 is 1.02. The fourth-order valence-corrected chi connectivity index (χ4v) is 2.58. The Morgan fingerprint density at radius 3 is 2.62 bits per heavy atom. The smallest absolute Gasteiger partial charge is 0.221 e. The topological polar surface area (TPSA) is 125 Å². The molecule has 1 aromatic carbocycles. The van der Waals surface area contributed by atoms with Gasteiger partial charge in [-0.1, -0.05) is 30.3 Å². The molecule has 0 aliphatic rings. The lowest BCUT2D eigenvalue weighted by molar-refractivity contribution is 0.916. The molecular formula is C14H14N6S. The fraction of sp³-hybridized carbons (Fsp3) is 0.143. The van der Waals surface area contributed by atoms with E-state index in [9.17, 15) is 0 Å². The Kier molecular flexibility index (Phi) is 4.74. The highest BCUT2D eigenvalue weighted by molar-refractivity contribution is 8.13. The standard InChI is InChI=1S/C14H14N6S/c15-8-4-7-10-11(9-5-2-1-3-6-9)19-14(18)20-12(10)21-13(16)17/h1-3,5-6H,4,7H2,(H3,16,17)(H2,18,19,20). The van der Waals surface area contributed by atoms with E-state index in [4.69, 9.17) is 22.1 Å². The van der Waals surface area contributed by atoms with E-state index in [0.717, 1.165) is 22.9 Å². The number of aromatic nitrogens is 2. The van der Waals surface area contributed by atoms with Crippen molar-refractivity contribution in [3.8, 4) is 17.3 Å². The third-order valence-corrected chi connectivity index (χ3v) is 3.48. The molecule has 106 valence electrons. The molecule has 0 aliphatic heterocycles. The zero-order valence-corrected chi connectivity index (χ0v) is 12.0. The molecule has 0 bridgehead atoms. The molecule has 0 unspecified atom stereocenters. The van der Waals surface area contributed by atoms with Crippen LogP contribution < -0.4 is 11.5 Å². The van der Waals surface area contributed by atoms with Gasteiger partial charge in [-0.15, -0.1) is 0 Å². The fourth-order valence-electron chi connectivity index (χ4n) is 1.91. The van der Waals surface area contributed by atoms with Crippen molar-refractivity contribution in [2.24, 2.45) is 5.73 Å². The number of thioether (sulfide) groups is 1. The second kappa shape index (κ2) is 6.72. The van der Waals surface area contributed by atoms with Crippen LogP contribution in [0.25, 0.3) is 11.3 Å². The Bertz CT molecular complexity index is 693. The number of nitrogen functional groups attached to an aromatic ring is 1. The maximum Gasteiger partial charge on any atom is 0.221 e. The van der Waals surface area contributed by atoms with E-state index in [0.29, 0.717) is 23.6 Å². The first-order chi connectivity index (χ1) is 10.1.